The van der Waals surface area contributed by atoms with Crippen molar-refractivity contribution < 1.29 is 4.79 Å². The SMILES string of the molecule is CC(=O)c1cnc(-c2ccncc2C)s1. The summed E-state index contributed by atoms with van der Waals surface area (Å²) in [5.74, 6) is 0.0606. The smallest absolute Gasteiger partial charge is 0.171 e. The number of pyridine rings is 1. The number of hydrogen-bond acceptors (Lipinski definition) is 4. The largest absolute Gasteiger partial charge is 0.294 e. The number of rotatable bonds is 2. The van der Waals surface area contributed by atoms with E-state index in [4.69, 9.17) is 0 Å². The van der Waals surface area contributed by atoms with Crippen LogP contribution in [0.25, 0.3) is 10.6 Å². The second kappa shape index (κ2) is 3.90. The van der Waals surface area contributed by atoms with Crippen LogP contribution in [0.2, 0.25) is 0 Å². The summed E-state index contributed by atoms with van der Waals surface area (Å²) in [6, 6.07) is 1.91. The Bertz CT molecular complexity index is 505. The van der Waals surface area contributed by atoms with Crippen molar-refractivity contribution in [1.82, 2.24) is 9.97 Å². The minimum Gasteiger partial charge on any atom is -0.294 e. The van der Waals surface area contributed by atoms with Crippen molar-refractivity contribution in [2.24, 2.45) is 0 Å². The standard InChI is InChI=1S/C11H10N2OS/c1-7-5-12-4-3-9(7)11-13-6-10(15-11)8(2)14/h3-6H,1-2H3. The number of aromatic nitrogens is 2. The molecule has 0 unspecified atom stereocenters. The van der Waals surface area contributed by atoms with Gasteiger partial charge in [-0.3, -0.25) is 9.78 Å². The Balaban J connectivity index is 2.46. The van der Waals surface area contributed by atoms with Crippen molar-refractivity contribution in [3.8, 4) is 10.6 Å². The molecule has 0 N–H and O–H groups in total. The third-order valence-electron chi connectivity index (χ3n) is 2.10. The summed E-state index contributed by atoms with van der Waals surface area (Å²) >= 11 is 1.42. The maximum Gasteiger partial charge on any atom is 0.171 e. The Morgan fingerprint density at radius 2 is 2.20 bits per heavy atom. The lowest BCUT2D eigenvalue weighted by atomic mass is 10.2. The molecule has 0 saturated carbocycles. The first-order valence-corrected chi connectivity index (χ1v) is 5.38. The van der Waals surface area contributed by atoms with Gasteiger partial charge in [0.05, 0.1) is 4.88 Å². The average Bonchev–Trinajstić information content (AvgIpc) is 2.67. The predicted molar refractivity (Wildman–Crippen MR) is 60.1 cm³/mol. The molecule has 0 fully saturated rings. The highest BCUT2D eigenvalue weighted by Gasteiger charge is 2.09. The molecular weight excluding hydrogens is 208 g/mol. The Morgan fingerprint density at radius 1 is 1.40 bits per heavy atom. The van der Waals surface area contributed by atoms with Crippen LogP contribution in [-0.4, -0.2) is 15.8 Å². The number of Topliss-reactive ketones (excluding diaryl/α,β-unsaturated/α-hetero) is 1. The van der Waals surface area contributed by atoms with E-state index < -0.39 is 0 Å². The lowest BCUT2D eigenvalue weighted by molar-refractivity contribution is 0.102. The fourth-order valence-corrected chi connectivity index (χ4v) is 2.18. The first kappa shape index (κ1) is 9.98. The molecule has 0 aliphatic rings. The minimum absolute atomic E-state index is 0.0606. The van der Waals surface area contributed by atoms with Crippen LogP contribution >= 0.6 is 11.3 Å². The summed E-state index contributed by atoms with van der Waals surface area (Å²) in [7, 11) is 0. The summed E-state index contributed by atoms with van der Waals surface area (Å²) in [5, 5.41) is 0.875. The number of carbonyl (C=O) groups is 1. The van der Waals surface area contributed by atoms with Crippen molar-refractivity contribution in [1.29, 1.82) is 0 Å². The van der Waals surface area contributed by atoms with Crippen LogP contribution in [0.5, 0.6) is 0 Å². The maximum atomic E-state index is 11.1. The molecule has 2 aromatic rings. The fourth-order valence-electron chi connectivity index (χ4n) is 1.27. The summed E-state index contributed by atoms with van der Waals surface area (Å²) < 4.78 is 0. The highest BCUT2D eigenvalue weighted by molar-refractivity contribution is 7.16. The third-order valence-corrected chi connectivity index (χ3v) is 3.23. The van der Waals surface area contributed by atoms with Crippen LogP contribution in [0.1, 0.15) is 22.2 Å². The second-order valence-corrected chi connectivity index (χ2v) is 4.31. The van der Waals surface area contributed by atoms with Crippen LogP contribution in [0.4, 0.5) is 0 Å². The molecule has 2 heterocycles. The van der Waals surface area contributed by atoms with Crippen molar-refractivity contribution in [3.05, 3.63) is 35.1 Å². The second-order valence-electron chi connectivity index (χ2n) is 3.28. The number of hydrogen-bond donors (Lipinski definition) is 0. The molecule has 0 atom stereocenters. The van der Waals surface area contributed by atoms with Crippen LogP contribution in [0.15, 0.2) is 24.7 Å². The van der Waals surface area contributed by atoms with Gasteiger partial charge in [-0.05, 0) is 18.6 Å². The highest BCUT2D eigenvalue weighted by atomic mass is 32.1. The van der Waals surface area contributed by atoms with E-state index >= 15 is 0 Å². The molecule has 0 saturated heterocycles. The molecule has 0 aliphatic carbocycles. The molecule has 0 aromatic carbocycles. The molecule has 2 aromatic heterocycles. The van der Waals surface area contributed by atoms with Crippen LogP contribution in [0.3, 0.4) is 0 Å². The zero-order chi connectivity index (χ0) is 10.8. The Kier molecular flexibility index (Phi) is 2.60. The van der Waals surface area contributed by atoms with E-state index in [0.29, 0.717) is 4.88 Å². The van der Waals surface area contributed by atoms with Gasteiger partial charge >= 0.3 is 0 Å². The normalized spacial score (nSPS) is 10.3. The van der Waals surface area contributed by atoms with Crippen LogP contribution in [-0.2, 0) is 0 Å². The molecule has 0 aliphatic heterocycles. The molecule has 0 bridgehead atoms. The van der Waals surface area contributed by atoms with E-state index in [0.717, 1.165) is 16.1 Å². The minimum atomic E-state index is 0.0606. The summed E-state index contributed by atoms with van der Waals surface area (Å²) in [6.45, 7) is 3.54. The Morgan fingerprint density at radius 3 is 2.80 bits per heavy atom. The van der Waals surface area contributed by atoms with Crippen molar-refractivity contribution in [3.63, 3.8) is 0 Å². The lowest BCUT2D eigenvalue weighted by Gasteiger charge is -1.98. The van der Waals surface area contributed by atoms with Gasteiger partial charge in [-0.25, -0.2) is 4.98 Å². The topological polar surface area (TPSA) is 42.9 Å². The molecule has 2 rings (SSSR count). The van der Waals surface area contributed by atoms with Crippen molar-refractivity contribution in [2.75, 3.05) is 0 Å². The van der Waals surface area contributed by atoms with E-state index in [1.165, 1.54) is 11.3 Å². The van der Waals surface area contributed by atoms with Gasteiger partial charge in [-0.15, -0.1) is 11.3 Å². The molecule has 0 radical (unpaired) electrons. The van der Waals surface area contributed by atoms with Crippen molar-refractivity contribution >= 4 is 17.1 Å². The summed E-state index contributed by atoms with van der Waals surface area (Å²) in [5.41, 5.74) is 2.12. The van der Waals surface area contributed by atoms with Crippen molar-refractivity contribution in [2.45, 2.75) is 13.8 Å². The van der Waals surface area contributed by atoms with Gasteiger partial charge in [0.15, 0.2) is 5.78 Å². The third kappa shape index (κ3) is 1.94. The Hall–Kier alpha value is -1.55. The predicted octanol–water partition coefficient (Wildman–Crippen LogP) is 2.72. The fraction of sp³-hybridized carbons (Fsp3) is 0.182. The Labute approximate surface area is 91.8 Å². The van der Waals surface area contributed by atoms with Gasteiger partial charge < -0.3 is 0 Å². The van der Waals surface area contributed by atoms with E-state index in [1.807, 2.05) is 13.0 Å². The van der Waals surface area contributed by atoms with Crippen LogP contribution in [0, 0.1) is 6.92 Å². The number of thiazole rings is 1. The molecule has 15 heavy (non-hydrogen) atoms. The van der Waals surface area contributed by atoms with Gasteiger partial charge in [-0.2, -0.15) is 0 Å². The molecule has 0 amide bonds. The van der Waals surface area contributed by atoms with E-state index in [2.05, 4.69) is 9.97 Å². The molecular formula is C11H10N2OS. The summed E-state index contributed by atoms with van der Waals surface area (Å²) in [4.78, 5) is 20.1. The number of ketones is 1. The van der Waals surface area contributed by atoms with Gasteiger partial charge in [0, 0.05) is 31.1 Å². The summed E-state index contributed by atoms with van der Waals surface area (Å²) in [6.07, 6.45) is 5.16. The monoisotopic (exact) mass is 218 g/mol. The molecule has 3 nitrogen and oxygen atoms in total. The number of aryl methyl sites for hydroxylation is 1. The quantitative estimate of drug-likeness (QED) is 0.728. The van der Waals surface area contributed by atoms with Crippen LogP contribution < -0.4 is 0 Å². The molecule has 0 spiro atoms. The van der Waals surface area contributed by atoms with Gasteiger partial charge in [0.2, 0.25) is 0 Å². The first-order chi connectivity index (χ1) is 7.18. The lowest BCUT2D eigenvalue weighted by Crippen LogP contribution is -1.83. The van der Waals surface area contributed by atoms with E-state index in [9.17, 15) is 4.79 Å². The van der Waals surface area contributed by atoms with Gasteiger partial charge in [0.1, 0.15) is 5.01 Å². The maximum absolute atomic E-state index is 11.1. The zero-order valence-corrected chi connectivity index (χ0v) is 9.34. The average molecular weight is 218 g/mol. The molecule has 76 valence electrons. The number of nitrogens with zero attached hydrogens (tertiary/aromatic N) is 2. The first-order valence-electron chi connectivity index (χ1n) is 4.56. The van der Waals surface area contributed by atoms with Gasteiger partial charge in [0.25, 0.3) is 0 Å². The highest BCUT2D eigenvalue weighted by Crippen LogP contribution is 2.27. The van der Waals surface area contributed by atoms with Gasteiger partial charge in [-0.1, -0.05) is 0 Å². The number of carbonyl (C=O) groups excluding carboxylic acids is 1. The van der Waals surface area contributed by atoms with E-state index in [-0.39, 0.29) is 5.78 Å². The zero-order valence-electron chi connectivity index (χ0n) is 8.52. The molecule has 4 heteroatoms. The van der Waals surface area contributed by atoms with E-state index in [1.54, 1.807) is 25.5 Å².